The number of nitrogens with one attached hydrogen (secondary N) is 1. The van der Waals surface area contributed by atoms with Gasteiger partial charge in [0.25, 0.3) is 0 Å². The van der Waals surface area contributed by atoms with Crippen LogP contribution >= 0.6 is 27.3 Å². The third kappa shape index (κ3) is 3.15. The molecule has 82 valence electrons. The second kappa shape index (κ2) is 5.23. The number of thiophene rings is 1. The van der Waals surface area contributed by atoms with Gasteiger partial charge in [0, 0.05) is 14.7 Å². The SMILES string of the molecule is Fc1ccc(N/N=C\c2cc(Br)cs2)cc1. The number of hydrogen-bond donors (Lipinski definition) is 1. The van der Waals surface area contributed by atoms with Gasteiger partial charge in [0.1, 0.15) is 5.82 Å². The Labute approximate surface area is 105 Å². The van der Waals surface area contributed by atoms with Crippen LogP contribution in [0, 0.1) is 5.82 Å². The molecule has 0 atom stereocenters. The molecule has 0 aliphatic rings. The maximum Gasteiger partial charge on any atom is 0.123 e. The molecule has 1 aromatic carbocycles. The highest BCUT2D eigenvalue weighted by Crippen LogP contribution is 2.18. The Morgan fingerprint density at radius 1 is 1.31 bits per heavy atom. The molecule has 0 aliphatic heterocycles. The van der Waals surface area contributed by atoms with E-state index in [2.05, 4.69) is 26.5 Å². The normalized spacial score (nSPS) is 10.9. The van der Waals surface area contributed by atoms with Crippen LogP contribution in [0.4, 0.5) is 10.1 Å². The van der Waals surface area contributed by atoms with E-state index in [0.29, 0.717) is 0 Å². The molecular formula is C11H8BrFN2S. The molecule has 2 rings (SSSR count). The summed E-state index contributed by atoms with van der Waals surface area (Å²) in [6, 6.07) is 8.02. The van der Waals surface area contributed by atoms with Crippen LogP contribution in [0.1, 0.15) is 4.88 Å². The van der Waals surface area contributed by atoms with Crippen molar-refractivity contribution in [1.29, 1.82) is 0 Å². The number of hydrogen-bond acceptors (Lipinski definition) is 3. The molecule has 0 aliphatic carbocycles. The molecule has 16 heavy (non-hydrogen) atoms. The number of nitrogens with zero attached hydrogens (tertiary/aromatic N) is 1. The van der Waals surface area contributed by atoms with Gasteiger partial charge in [-0.1, -0.05) is 0 Å². The first-order valence-corrected chi connectivity index (χ1v) is 6.20. The summed E-state index contributed by atoms with van der Waals surface area (Å²) in [5, 5.41) is 6.03. The van der Waals surface area contributed by atoms with E-state index in [1.807, 2.05) is 11.4 Å². The highest BCUT2D eigenvalue weighted by atomic mass is 79.9. The van der Waals surface area contributed by atoms with Crippen LogP contribution in [-0.4, -0.2) is 6.21 Å². The summed E-state index contributed by atoms with van der Waals surface area (Å²) in [6.45, 7) is 0. The molecule has 1 heterocycles. The molecule has 2 aromatic rings. The van der Waals surface area contributed by atoms with Crippen molar-refractivity contribution in [2.24, 2.45) is 5.10 Å². The molecule has 0 saturated heterocycles. The minimum absolute atomic E-state index is 0.253. The highest BCUT2D eigenvalue weighted by molar-refractivity contribution is 9.10. The second-order valence-electron chi connectivity index (χ2n) is 3.04. The smallest absolute Gasteiger partial charge is 0.123 e. The van der Waals surface area contributed by atoms with Gasteiger partial charge in [0.05, 0.1) is 11.9 Å². The van der Waals surface area contributed by atoms with Crippen molar-refractivity contribution < 1.29 is 4.39 Å². The first-order valence-electron chi connectivity index (χ1n) is 4.53. The van der Waals surface area contributed by atoms with E-state index in [1.165, 1.54) is 12.1 Å². The van der Waals surface area contributed by atoms with Crippen molar-refractivity contribution >= 4 is 39.2 Å². The van der Waals surface area contributed by atoms with Crippen LogP contribution in [0.5, 0.6) is 0 Å². The maximum absolute atomic E-state index is 12.6. The van der Waals surface area contributed by atoms with Gasteiger partial charge in [0.15, 0.2) is 0 Å². The largest absolute Gasteiger partial charge is 0.278 e. The average molecular weight is 299 g/mol. The molecule has 0 fully saturated rings. The molecule has 5 heteroatoms. The van der Waals surface area contributed by atoms with Crippen molar-refractivity contribution in [3.05, 3.63) is 50.9 Å². The van der Waals surface area contributed by atoms with Crippen LogP contribution in [-0.2, 0) is 0 Å². The number of anilines is 1. The fraction of sp³-hybridized carbons (Fsp3) is 0. The zero-order valence-corrected chi connectivity index (χ0v) is 10.6. The first kappa shape index (κ1) is 11.3. The van der Waals surface area contributed by atoms with Gasteiger partial charge in [0.2, 0.25) is 0 Å². The van der Waals surface area contributed by atoms with Crippen molar-refractivity contribution in [3.63, 3.8) is 0 Å². The summed E-state index contributed by atoms with van der Waals surface area (Å²) in [5.74, 6) is -0.253. The summed E-state index contributed by atoms with van der Waals surface area (Å²) in [5.41, 5.74) is 3.58. The van der Waals surface area contributed by atoms with Crippen LogP contribution in [0.3, 0.4) is 0 Å². The van der Waals surface area contributed by atoms with Gasteiger partial charge in [-0.2, -0.15) is 5.10 Å². The second-order valence-corrected chi connectivity index (χ2v) is 4.90. The van der Waals surface area contributed by atoms with E-state index in [4.69, 9.17) is 0 Å². The lowest BCUT2D eigenvalue weighted by Crippen LogP contribution is -1.89. The Bertz CT molecular complexity index is 493. The van der Waals surface area contributed by atoms with Crippen LogP contribution in [0.25, 0.3) is 0 Å². The zero-order valence-electron chi connectivity index (χ0n) is 8.15. The monoisotopic (exact) mass is 298 g/mol. The number of rotatable bonds is 3. The molecule has 0 amide bonds. The Balaban J connectivity index is 1.97. The summed E-state index contributed by atoms with van der Waals surface area (Å²) in [4.78, 5) is 1.04. The number of hydrazone groups is 1. The minimum Gasteiger partial charge on any atom is -0.278 e. The summed E-state index contributed by atoms with van der Waals surface area (Å²) >= 11 is 4.95. The van der Waals surface area contributed by atoms with Gasteiger partial charge >= 0.3 is 0 Å². The van der Waals surface area contributed by atoms with Crippen LogP contribution in [0.15, 0.2) is 45.3 Å². The summed E-state index contributed by atoms with van der Waals surface area (Å²) < 4.78 is 13.6. The topological polar surface area (TPSA) is 24.4 Å². The van der Waals surface area contributed by atoms with Gasteiger partial charge in [-0.15, -0.1) is 11.3 Å². The molecule has 1 N–H and O–H groups in total. The molecule has 0 saturated carbocycles. The molecule has 2 nitrogen and oxygen atoms in total. The molecule has 0 unspecified atom stereocenters. The Morgan fingerprint density at radius 2 is 2.06 bits per heavy atom. The molecule has 0 spiro atoms. The predicted octanol–water partition coefficient (Wildman–Crippen LogP) is 4.10. The van der Waals surface area contributed by atoms with Crippen molar-refractivity contribution in [1.82, 2.24) is 0 Å². The highest BCUT2D eigenvalue weighted by Gasteiger charge is 1.93. The zero-order chi connectivity index (χ0) is 11.4. The number of benzene rings is 1. The molecule has 0 bridgehead atoms. The maximum atomic E-state index is 12.6. The van der Waals surface area contributed by atoms with Crippen molar-refractivity contribution in [2.45, 2.75) is 0 Å². The Morgan fingerprint density at radius 3 is 2.69 bits per heavy atom. The average Bonchev–Trinajstić information content (AvgIpc) is 2.67. The molecule has 1 aromatic heterocycles. The van der Waals surface area contributed by atoms with Crippen molar-refractivity contribution in [3.8, 4) is 0 Å². The van der Waals surface area contributed by atoms with Crippen LogP contribution < -0.4 is 5.43 Å². The summed E-state index contributed by atoms with van der Waals surface area (Å²) in [7, 11) is 0. The lowest BCUT2D eigenvalue weighted by molar-refractivity contribution is 0.628. The van der Waals surface area contributed by atoms with E-state index < -0.39 is 0 Å². The van der Waals surface area contributed by atoms with Crippen molar-refractivity contribution in [2.75, 3.05) is 5.43 Å². The number of halogens is 2. The van der Waals surface area contributed by atoms with E-state index >= 15 is 0 Å². The Kier molecular flexibility index (Phi) is 3.69. The standard InChI is InChI=1S/C11H8BrFN2S/c12-8-5-11(16-7-8)6-14-15-10-3-1-9(13)2-4-10/h1-7,15H/b14-6-. The third-order valence-corrected chi connectivity index (χ3v) is 3.45. The minimum atomic E-state index is -0.253. The van der Waals surface area contributed by atoms with E-state index in [0.717, 1.165) is 15.0 Å². The predicted molar refractivity (Wildman–Crippen MR) is 69.6 cm³/mol. The van der Waals surface area contributed by atoms with E-state index in [1.54, 1.807) is 29.7 Å². The summed E-state index contributed by atoms with van der Waals surface area (Å²) in [6.07, 6.45) is 1.72. The lowest BCUT2D eigenvalue weighted by Gasteiger charge is -1.98. The van der Waals surface area contributed by atoms with Crippen LogP contribution in [0.2, 0.25) is 0 Å². The van der Waals surface area contributed by atoms with E-state index in [9.17, 15) is 4.39 Å². The first-order chi connectivity index (χ1) is 7.74. The van der Waals surface area contributed by atoms with E-state index in [-0.39, 0.29) is 5.82 Å². The Hall–Kier alpha value is -1.20. The van der Waals surface area contributed by atoms with Gasteiger partial charge in [-0.05, 0) is 46.3 Å². The lowest BCUT2D eigenvalue weighted by atomic mass is 10.3. The van der Waals surface area contributed by atoms with Gasteiger partial charge < -0.3 is 0 Å². The van der Waals surface area contributed by atoms with Gasteiger partial charge in [-0.25, -0.2) is 4.39 Å². The fourth-order valence-corrected chi connectivity index (χ4v) is 2.39. The molecular weight excluding hydrogens is 291 g/mol. The molecule has 0 radical (unpaired) electrons. The quantitative estimate of drug-likeness (QED) is 0.670. The third-order valence-electron chi connectivity index (χ3n) is 1.82. The fourth-order valence-electron chi connectivity index (χ4n) is 1.09. The van der Waals surface area contributed by atoms with Gasteiger partial charge in [-0.3, -0.25) is 5.43 Å².